The van der Waals surface area contributed by atoms with Gasteiger partial charge in [-0.05, 0) is 12.1 Å². The first-order valence-corrected chi connectivity index (χ1v) is 8.20. The average molecular weight is 299 g/mol. The molecule has 22 heavy (non-hydrogen) atoms. The number of pyridine rings is 1. The Bertz CT molecular complexity index is 557. The van der Waals surface area contributed by atoms with Crippen molar-refractivity contribution >= 4 is 0 Å². The van der Waals surface area contributed by atoms with Gasteiger partial charge in [0.25, 0.3) is 0 Å². The van der Waals surface area contributed by atoms with Crippen molar-refractivity contribution in [1.82, 2.24) is 24.3 Å². The molecule has 0 aromatic carbocycles. The third kappa shape index (κ3) is 3.93. The standard InChI is InChI=1S/C17H25N5/c1-2-17-19-7-8-22(17)14-13-20-9-11-21(12-10-20)15-16-5-3-4-6-18-16/h3-8H,2,9-15H2,1H3. The fraction of sp³-hybridized carbons (Fsp3) is 0.529. The van der Waals surface area contributed by atoms with Gasteiger partial charge in [-0.25, -0.2) is 4.98 Å². The summed E-state index contributed by atoms with van der Waals surface area (Å²) in [5.41, 5.74) is 1.17. The van der Waals surface area contributed by atoms with Crippen LogP contribution in [0.15, 0.2) is 36.8 Å². The van der Waals surface area contributed by atoms with Gasteiger partial charge in [0, 0.05) is 70.8 Å². The van der Waals surface area contributed by atoms with E-state index in [2.05, 4.69) is 49.6 Å². The van der Waals surface area contributed by atoms with Crippen molar-refractivity contribution < 1.29 is 0 Å². The molecule has 5 nitrogen and oxygen atoms in total. The first-order valence-electron chi connectivity index (χ1n) is 8.20. The van der Waals surface area contributed by atoms with Gasteiger partial charge in [-0.3, -0.25) is 14.8 Å². The van der Waals surface area contributed by atoms with E-state index in [1.807, 2.05) is 18.5 Å². The van der Waals surface area contributed by atoms with Crippen LogP contribution < -0.4 is 0 Å². The van der Waals surface area contributed by atoms with Crippen molar-refractivity contribution in [2.75, 3.05) is 32.7 Å². The Morgan fingerprint density at radius 3 is 2.50 bits per heavy atom. The summed E-state index contributed by atoms with van der Waals surface area (Å²) in [5.74, 6) is 1.19. The summed E-state index contributed by atoms with van der Waals surface area (Å²) in [4.78, 5) is 13.8. The van der Waals surface area contributed by atoms with Crippen LogP contribution in [0.5, 0.6) is 0 Å². The van der Waals surface area contributed by atoms with Crippen molar-refractivity contribution in [1.29, 1.82) is 0 Å². The summed E-state index contributed by atoms with van der Waals surface area (Å²) in [6, 6.07) is 6.15. The lowest BCUT2D eigenvalue weighted by Crippen LogP contribution is -2.46. The molecule has 2 aromatic rings. The molecule has 5 heteroatoms. The van der Waals surface area contributed by atoms with E-state index in [9.17, 15) is 0 Å². The molecule has 0 unspecified atom stereocenters. The first kappa shape index (κ1) is 15.2. The molecule has 1 saturated heterocycles. The summed E-state index contributed by atoms with van der Waals surface area (Å²) >= 11 is 0. The number of hydrogen-bond donors (Lipinski definition) is 0. The lowest BCUT2D eigenvalue weighted by molar-refractivity contribution is 0.123. The quantitative estimate of drug-likeness (QED) is 0.813. The van der Waals surface area contributed by atoms with Crippen LogP contribution in [0.4, 0.5) is 0 Å². The Morgan fingerprint density at radius 2 is 1.77 bits per heavy atom. The van der Waals surface area contributed by atoms with E-state index in [1.165, 1.54) is 11.5 Å². The van der Waals surface area contributed by atoms with Gasteiger partial charge in [-0.15, -0.1) is 0 Å². The van der Waals surface area contributed by atoms with E-state index in [0.717, 1.165) is 52.2 Å². The van der Waals surface area contributed by atoms with Crippen molar-refractivity contribution in [3.63, 3.8) is 0 Å². The molecule has 1 aliphatic rings. The predicted octanol–water partition coefficient (Wildman–Crippen LogP) is 1.66. The van der Waals surface area contributed by atoms with Crippen LogP contribution in [0, 0.1) is 0 Å². The van der Waals surface area contributed by atoms with Gasteiger partial charge >= 0.3 is 0 Å². The van der Waals surface area contributed by atoms with Crippen LogP contribution in [-0.4, -0.2) is 57.1 Å². The Hall–Kier alpha value is -1.72. The second kappa shape index (κ2) is 7.51. The third-order valence-corrected chi connectivity index (χ3v) is 4.35. The summed E-state index contributed by atoms with van der Waals surface area (Å²) < 4.78 is 2.28. The monoisotopic (exact) mass is 299 g/mol. The number of aromatic nitrogens is 3. The molecular formula is C17H25N5. The smallest absolute Gasteiger partial charge is 0.108 e. The molecule has 0 N–H and O–H groups in total. The summed E-state index contributed by atoms with van der Waals surface area (Å²) in [6.07, 6.45) is 6.88. The highest BCUT2D eigenvalue weighted by Crippen LogP contribution is 2.07. The molecule has 118 valence electrons. The molecule has 1 fully saturated rings. The maximum atomic E-state index is 4.42. The molecule has 0 aliphatic carbocycles. The maximum Gasteiger partial charge on any atom is 0.108 e. The topological polar surface area (TPSA) is 37.2 Å². The molecular weight excluding hydrogens is 274 g/mol. The van der Waals surface area contributed by atoms with Gasteiger partial charge in [0.15, 0.2) is 0 Å². The van der Waals surface area contributed by atoms with Gasteiger partial charge < -0.3 is 4.57 Å². The maximum absolute atomic E-state index is 4.42. The molecule has 3 rings (SSSR count). The summed E-state index contributed by atoms with van der Waals surface area (Å²) in [7, 11) is 0. The van der Waals surface area contributed by atoms with E-state index < -0.39 is 0 Å². The van der Waals surface area contributed by atoms with E-state index in [-0.39, 0.29) is 0 Å². The number of imidazole rings is 1. The molecule has 2 aromatic heterocycles. The molecule has 0 amide bonds. The van der Waals surface area contributed by atoms with Crippen molar-refractivity contribution in [2.45, 2.75) is 26.4 Å². The van der Waals surface area contributed by atoms with E-state index in [0.29, 0.717) is 0 Å². The SMILES string of the molecule is CCc1nccn1CCN1CCN(Cc2ccccn2)CC1. The fourth-order valence-corrected chi connectivity index (χ4v) is 3.00. The van der Waals surface area contributed by atoms with Crippen LogP contribution in [0.1, 0.15) is 18.4 Å². The summed E-state index contributed by atoms with van der Waals surface area (Å²) in [6.45, 7) is 9.82. The van der Waals surface area contributed by atoms with E-state index in [1.54, 1.807) is 0 Å². The first-order chi connectivity index (χ1) is 10.8. The van der Waals surface area contributed by atoms with Gasteiger partial charge in [-0.1, -0.05) is 13.0 Å². The number of rotatable bonds is 6. The highest BCUT2D eigenvalue weighted by molar-refractivity contribution is 5.03. The van der Waals surface area contributed by atoms with Crippen LogP contribution in [0.2, 0.25) is 0 Å². The highest BCUT2D eigenvalue weighted by Gasteiger charge is 2.17. The lowest BCUT2D eigenvalue weighted by Gasteiger charge is -2.34. The predicted molar refractivity (Wildman–Crippen MR) is 87.6 cm³/mol. The second-order valence-electron chi connectivity index (χ2n) is 5.83. The number of nitrogens with zero attached hydrogens (tertiary/aromatic N) is 5. The Morgan fingerprint density at radius 1 is 0.955 bits per heavy atom. The van der Waals surface area contributed by atoms with Gasteiger partial charge in [-0.2, -0.15) is 0 Å². The van der Waals surface area contributed by atoms with Gasteiger partial charge in [0.05, 0.1) is 5.69 Å². The van der Waals surface area contributed by atoms with Crippen molar-refractivity contribution in [3.8, 4) is 0 Å². The molecule has 0 bridgehead atoms. The molecule has 0 spiro atoms. The Kier molecular flexibility index (Phi) is 5.19. The zero-order chi connectivity index (χ0) is 15.2. The average Bonchev–Trinajstić information content (AvgIpc) is 3.03. The van der Waals surface area contributed by atoms with Crippen LogP contribution >= 0.6 is 0 Å². The van der Waals surface area contributed by atoms with E-state index in [4.69, 9.17) is 0 Å². The number of piperazine rings is 1. The van der Waals surface area contributed by atoms with Gasteiger partial charge in [0.2, 0.25) is 0 Å². The molecule has 1 aliphatic heterocycles. The third-order valence-electron chi connectivity index (χ3n) is 4.35. The molecule has 0 atom stereocenters. The zero-order valence-electron chi connectivity index (χ0n) is 13.4. The Balaban J connectivity index is 1.42. The normalized spacial score (nSPS) is 17.0. The fourth-order valence-electron chi connectivity index (χ4n) is 3.00. The minimum Gasteiger partial charge on any atom is -0.334 e. The minimum absolute atomic E-state index is 0.968. The van der Waals surface area contributed by atoms with E-state index >= 15 is 0 Å². The molecule has 0 saturated carbocycles. The lowest BCUT2D eigenvalue weighted by atomic mass is 10.2. The van der Waals surface area contributed by atoms with Crippen LogP contribution in [-0.2, 0) is 19.5 Å². The van der Waals surface area contributed by atoms with Crippen LogP contribution in [0.25, 0.3) is 0 Å². The number of aryl methyl sites for hydroxylation is 1. The second-order valence-corrected chi connectivity index (χ2v) is 5.83. The zero-order valence-corrected chi connectivity index (χ0v) is 13.4. The minimum atomic E-state index is 0.968. The molecule has 0 radical (unpaired) electrons. The van der Waals surface area contributed by atoms with Crippen molar-refractivity contribution in [3.05, 3.63) is 48.3 Å². The van der Waals surface area contributed by atoms with Gasteiger partial charge in [0.1, 0.15) is 5.82 Å². The van der Waals surface area contributed by atoms with Crippen molar-refractivity contribution in [2.24, 2.45) is 0 Å². The summed E-state index contributed by atoms with van der Waals surface area (Å²) in [5, 5.41) is 0. The van der Waals surface area contributed by atoms with Crippen LogP contribution in [0.3, 0.4) is 0 Å². The largest absolute Gasteiger partial charge is 0.334 e. The molecule has 3 heterocycles. The number of hydrogen-bond acceptors (Lipinski definition) is 4. The Labute approximate surface area is 132 Å². The highest BCUT2D eigenvalue weighted by atomic mass is 15.3.